The van der Waals surface area contributed by atoms with Crippen LogP contribution in [0.2, 0.25) is 0 Å². The second-order valence-electron chi connectivity index (χ2n) is 5.89. The quantitative estimate of drug-likeness (QED) is 0.888. The Kier molecular flexibility index (Phi) is 3.47. The van der Waals surface area contributed by atoms with E-state index < -0.39 is 0 Å². The van der Waals surface area contributed by atoms with E-state index in [-0.39, 0.29) is 17.7 Å². The van der Waals surface area contributed by atoms with Crippen molar-refractivity contribution in [3.63, 3.8) is 0 Å². The molecule has 106 valence electrons. The van der Waals surface area contributed by atoms with Gasteiger partial charge >= 0.3 is 0 Å². The molecule has 0 saturated heterocycles. The lowest BCUT2D eigenvalue weighted by molar-refractivity contribution is -0.118. The molecule has 0 radical (unpaired) electrons. The van der Waals surface area contributed by atoms with Crippen LogP contribution in [0.1, 0.15) is 32.6 Å². The van der Waals surface area contributed by atoms with Gasteiger partial charge in [0.1, 0.15) is 0 Å². The third kappa shape index (κ3) is 2.69. The number of benzene rings is 1. The molecule has 2 saturated carbocycles. The van der Waals surface area contributed by atoms with E-state index in [2.05, 4.69) is 10.6 Å². The minimum Gasteiger partial charge on any atom is -0.326 e. The third-order valence-electron chi connectivity index (χ3n) is 4.43. The number of hydrogen-bond acceptors (Lipinski definition) is 2. The summed E-state index contributed by atoms with van der Waals surface area (Å²) < 4.78 is 0. The summed E-state index contributed by atoms with van der Waals surface area (Å²) in [5.41, 5.74) is 1.54. The maximum absolute atomic E-state index is 12.2. The Balaban J connectivity index is 1.58. The standard InChI is InChI=1S/C16H20N2O2/c1-10(19)17-11-6-8-12(9-7-11)18-16(20)15-13-4-2-3-5-14(13)15/h6-9,13-15H,2-5H2,1H3,(H,17,19)(H,18,20)/t13-,14+,15?. The molecule has 2 aliphatic rings. The van der Waals surface area contributed by atoms with Gasteiger partial charge in [0.25, 0.3) is 0 Å². The highest BCUT2D eigenvalue weighted by atomic mass is 16.2. The molecule has 1 aromatic carbocycles. The highest BCUT2D eigenvalue weighted by molar-refractivity contribution is 5.95. The SMILES string of the molecule is CC(=O)Nc1ccc(NC(=O)C2[C@H]3CCCC[C@@H]23)cc1. The molecule has 20 heavy (non-hydrogen) atoms. The topological polar surface area (TPSA) is 58.2 Å². The zero-order chi connectivity index (χ0) is 14.1. The van der Waals surface area contributed by atoms with Gasteiger partial charge in [0.2, 0.25) is 11.8 Å². The van der Waals surface area contributed by atoms with E-state index in [1.807, 2.05) is 12.1 Å². The van der Waals surface area contributed by atoms with Gasteiger partial charge in [-0.25, -0.2) is 0 Å². The van der Waals surface area contributed by atoms with E-state index in [9.17, 15) is 9.59 Å². The average Bonchev–Trinajstić information content (AvgIpc) is 3.15. The lowest BCUT2D eigenvalue weighted by Crippen LogP contribution is -2.15. The second-order valence-corrected chi connectivity index (χ2v) is 5.89. The zero-order valence-electron chi connectivity index (χ0n) is 11.7. The van der Waals surface area contributed by atoms with Crippen molar-refractivity contribution in [1.29, 1.82) is 0 Å². The monoisotopic (exact) mass is 272 g/mol. The van der Waals surface area contributed by atoms with Crippen LogP contribution < -0.4 is 10.6 Å². The van der Waals surface area contributed by atoms with Gasteiger partial charge in [0.15, 0.2) is 0 Å². The number of amides is 2. The first-order valence-corrected chi connectivity index (χ1v) is 7.33. The van der Waals surface area contributed by atoms with Crippen LogP contribution in [-0.4, -0.2) is 11.8 Å². The Morgan fingerprint density at radius 2 is 1.45 bits per heavy atom. The molecular formula is C16H20N2O2. The molecule has 0 spiro atoms. The van der Waals surface area contributed by atoms with Crippen molar-refractivity contribution in [1.82, 2.24) is 0 Å². The van der Waals surface area contributed by atoms with Crippen molar-refractivity contribution in [2.45, 2.75) is 32.6 Å². The van der Waals surface area contributed by atoms with Crippen LogP contribution in [0.25, 0.3) is 0 Å². The van der Waals surface area contributed by atoms with Gasteiger partial charge in [0.05, 0.1) is 0 Å². The number of nitrogens with one attached hydrogen (secondary N) is 2. The van der Waals surface area contributed by atoms with Crippen molar-refractivity contribution in [2.24, 2.45) is 17.8 Å². The van der Waals surface area contributed by atoms with E-state index in [0.717, 1.165) is 11.4 Å². The first kappa shape index (κ1) is 13.2. The summed E-state index contributed by atoms with van der Waals surface area (Å²) in [4.78, 5) is 23.2. The molecule has 2 fully saturated rings. The van der Waals surface area contributed by atoms with Gasteiger partial charge in [0, 0.05) is 24.2 Å². The summed E-state index contributed by atoms with van der Waals surface area (Å²) in [5, 5.41) is 5.70. The summed E-state index contributed by atoms with van der Waals surface area (Å²) in [5.74, 6) is 1.55. The lowest BCUT2D eigenvalue weighted by atomic mass is 10.0. The number of carbonyl (C=O) groups excluding carboxylic acids is 2. The lowest BCUT2D eigenvalue weighted by Gasteiger charge is -2.06. The van der Waals surface area contributed by atoms with E-state index in [1.165, 1.54) is 32.6 Å². The molecule has 3 rings (SSSR count). The maximum atomic E-state index is 12.2. The molecule has 4 heteroatoms. The van der Waals surface area contributed by atoms with Crippen molar-refractivity contribution in [3.8, 4) is 0 Å². The minimum absolute atomic E-state index is 0.0937. The van der Waals surface area contributed by atoms with Crippen LogP contribution in [0.5, 0.6) is 0 Å². The minimum atomic E-state index is -0.0937. The summed E-state index contributed by atoms with van der Waals surface area (Å²) in [6.45, 7) is 1.48. The Hall–Kier alpha value is -1.84. The van der Waals surface area contributed by atoms with Gasteiger partial charge < -0.3 is 10.6 Å². The third-order valence-corrected chi connectivity index (χ3v) is 4.43. The van der Waals surface area contributed by atoms with E-state index in [4.69, 9.17) is 0 Å². The van der Waals surface area contributed by atoms with Crippen molar-refractivity contribution >= 4 is 23.2 Å². The highest BCUT2D eigenvalue weighted by Gasteiger charge is 2.54. The Morgan fingerprint density at radius 3 is 1.95 bits per heavy atom. The van der Waals surface area contributed by atoms with Crippen LogP contribution in [0.15, 0.2) is 24.3 Å². The van der Waals surface area contributed by atoms with Gasteiger partial charge in [-0.05, 0) is 48.9 Å². The molecular weight excluding hydrogens is 252 g/mol. The first-order chi connectivity index (χ1) is 9.65. The van der Waals surface area contributed by atoms with E-state index in [0.29, 0.717) is 11.8 Å². The molecule has 1 aromatic rings. The highest BCUT2D eigenvalue weighted by Crippen LogP contribution is 2.55. The normalized spacial score (nSPS) is 27.4. The molecule has 0 aromatic heterocycles. The summed E-state index contributed by atoms with van der Waals surface area (Å²) in [6.07, 6.45) is 4.97. The largest absolute Gasteiger partial charge is 0.326 e. The maximum Gasteiger partial charge on any atom is 0.228 e. The van der Waals surface area contributed by atoms with Gasteiger partial charge in [-0.3, -0.25) is 9.59 Å². The van der Waals surface area contributed by atoms with Crippen LogP contribution in [-0.2, 0) is 9.59 Å². The van der Waals surface area contributed by atoms with Crippen LogP contribution in [0.3, 0.4) is 0 Å². The molecule has 3 atom stereocenters. The smallest absolute Gasteiger partial charge is 0.228 e. The molecule has 0 aliphatic heterocycles. The predicted octanol–water partition coefficient (Wildman–Crippen LogP) is 3.02. The number of carbonyl (C=O) groups is 2. The fourth-order valence-corrected chi connectivity index (χ4v) is 3.45. The number of anilines is 2. The van der Waals surface area contributed by atoms with Crippen molar-refractivity contribution in [2.75, 3.05) is 10.6 Å². The number of rotatable bonds is 3. The van der Waals surface area contributed by atoms with Crippen molar-refractivity contribution in [3.05, 3.63) is 24.3 Å². The first-order valence-electron chi connectivity index (χ1n) is 7.33. The number of fused-ring (bicyclic) bond motifs is 1. The molecule has 1 unspecified atom stereocenters. The van der Waals surface area contributed by atoms with Crippen LogP contribution >= 0.6 is 0 Å². The molecule has 4 nitrogen and oxygen atoms in total. The molecule has 2 aliphatic carbocycles. The van der Waals surface area contributed by atoms with Crippen LogP contribution in [0, 0.1) is 17.8 Å². The van der Waals surface area contributed by atoms with Gasteiger partial charge in [-0.15, -0.1) is 0 Å². The Morgan fingerprint density at radius 1 is 0.950 bits per heavy atom. The van der Waals surface area contributed by atoms with Gasteiger partial charge in [-0.1, -0.05) is 12.8 Å². The Labute approximate surface area is 118 Å². The summed E-state index contributed by atoms with van der Waals surface area (Å²) in [6, 6.07) is 7.26. The zero-order valence-corrected chi connectivity index (χ0v) is 11.7. The fourth-order valence-electron chi connectivity index (χ4n) is 3.45. The van der Waals surface area contributed by atoms with Crippen LogP contribution in [0.4, 0.5) is 11.4 Å². The molecule has 2 amide bonds. The fraction of sp³-hybridized carbons (Fsp3) is 0.500. The number of hydrogen-bond donors (Lipinski definition) is 2. The van der Waals surface area contributed by atoms with E-state index >= 15 is 0 Å². The van der Waals surface area contributed by atoms with E-state index in [1.54, 1.807) is 12.1 Å². The molecule has 0 bridgehead atoms. The average molecular weight is 272 g/mol. The summed E-state index contributed by atoms with van der Waals surface area (Å²) >= 11 is 0. The van der Waals surface area contributed by atoms with Gasteiger partial charge in [-0.2, -0.15) is 0 Å². The second kappa shape index (κ2) is 5.27. The summed E-state index contributed by atoms with van der Waals surface area (Å²) in [7, 11) is 0. The Bertz CT molecular complexity index is 512. The predicted molar refractivity (Wildman–Crippen MR) is 78.3 cm³/mol. The molecule has 2 N–H and O–H groups in total. The van der Waals surface area contributed by atoms with Crippen molar-refractivity contribution < 1.29 is 9.59 Å². The molecule has 0 heterocycles.